The molecule has 0 spiro atoms. The van der Waals surface area contributed by atoms with Crippen LogP contribution in [0.15, 0.2) is 9.98 Å². The van der Waals surface area contributed by atoms with Gasteiger partial charge in [0.2, 0.25) is 12.2 Å². The topological polar surface area (TPSA) is 58.9 Å². The van der Waals surface area contributed by atoms with Crippen molar-refractivity contribution in [3.8, 4) is 0 Å². The maximum atomic E-state index is 9.86. The first-order chi connectivity index (χ1) is 6.31. The van der Waals surface area contributed by atoms with Crippen LogP contribution in [-0.4, -0.2) is 34.6 Å². The fraction of sp³-hybridized carbons (Fsp3) is 0.750. The van der Waals surface area contributed by atoms with Crippen molar-refractivity contribution in [2.45, 2.75) is 31.3 Å². The highest BCUT2D eigenvalue weighted by molar-refractivity contribution is 6.12. The van der Waals surface area contributed by atoms with Gasteiger partial charge in [-0.15, -0.1) is 0 Å². The summed E-state index contributed by atoms with van der Waals surface area (Å²) in [6.45, 7) is 0.562. The van der Waals surface area contributed by atoms with Crippen LogP contribution in [-0.2, 0) is 9.59 Å². The lowest BCUT2D eigenvalue weighted by atomic mass is 10.2. The molecule has 0 saturated heterocycles. The molecule has 0 aromatic rings. The van der Waals surface area contributed by atoms with E-state index in [0.717, 1.165) is 35.9 Å². The summed E-state index contributed by atoms with van der Waals surface area (Å²) in [7, 11) is 0.904. The highest BCUT2D eigenvalue weighted by atomic mass is 28.1. The van der Waals surface area contributed by atoms with Gasteiger partial charge in [-0.1, -0.05) is 12.8 Å². The Kier molecular flexibility index (Phi) is 8.35. The van der Waals surface area contributed by atoms with Crippen LogP contribution in [0.1, 0.15) is 25.7 Å². The molecule has 0 aromatic carbocycles. The Morgan fingerprint density at radius 2 is 1.92 bits per heavy atom. The Bertz CT molecular complexity index is 220. The first kappa shape index (κ1) is 12.0. The van der Waals surface area contributed by atoms with E-state index in [9.17, 15) is 9.59 Å². The van der Waals surface area contributed by atoms with E-state index >= 15 is 0 Å². The van der Waals surface area contributed by atoms with Gasteiger partial charge in [0, 0.05) is 15.9 Å². The number of carbonyl (C=O) groups excluding carboxylic acids is 2. The van der Waals surface area contributed by atoms with E-state index in [1.54, 1.807) is 6.08 Å². The number of hydrogen-bond donors (Lipinski definition) is 0. The maximum Gasteiger partial charge on any atom is 0.234 e. The number of nitrogens with zero attached hydrogens (tertiary/aromatic N) is 2. The van der Waals surface area contributed by atoms with Gasteiger partial charge in [-0.25, -0.2) is 19.6 Å². The summed E-state index contributed by atoms with van der Waals surface area (Å²) in [4.78, 5) is 26.6. The minimum atomic E-state index is 0.201. The molecule has 0 aromatic heterocycles. The van der Waals surface area contributed by atoms with E-state index < -0.39 is 0 Å². The third-order valence-electron chi connectivity index (χ3n) is 1.73. The summed E-state index contributed by atoms with van der Waals surface area (Å²) in [5.41, 5.74) is 0.201. The van der Waals surface area contributed by atoms with Crippen LogP contribution in [0.2, 0.25) is 0 Å². The van der Waals surface area contributed by atoms with Crippen LogP contribution in [0.4, 0.5) is 0 Å². The lowest BCUT2D eigenvalue weighted by Crippen LogP contribution is -2.02. The lowest BCUT2D eigenvalue weighted by molar-refractivity contribution is 0.556. The molecule has 0 aliphatic heterocycles. The van der Waals surface area contributed by atoms with E-state index in [1.807, 2.05) is 0 Å². The zero-order chi connectivity index (χ0) is 9.94. The van der Waals surface area contributed by atoms with Crippen LogP contribution in [0, 0.1) is 0 Å². The molecular formula is C8H14N2O2Si. The Morgan fingerprint density at radius 1 is 1.15 bits per heavy atom. The maximum absolute atomic E-state index is 9.86. The van der Waals surface area contributed by atoms with Crippen LogP contribution >= 0.6 is 0 Å². The Labute approximate surface area is 80.6 Å². The quantitative estimate of drug-likeness (QED) is 0.248. The Balaban J connectivity index is 3.24. The van der Waals surface area contributed by atoms with Gasteiger partial charge in [0.1, 0.15) is 0 Å². The van der Waals surface area contributed by atoms with Gasteiger partial charge in [0.05, 0.1) is 6.54 Å². The van der Waals surface area contributed by atoms with Crippen molar-refractivity contribution < 1.29 is 9.59 Å². The van der Waals surface area contributed by atoms with Gasteiger partial charge >= 0.3 is 0 Å². The van der Waals surface area contributed by atoms with Crippen molar-refractivity contribution in [1.82, 2.24) is 0 Å². The number of hydrogen-bond acceptors (Lipinski definition) is 4. The third kappa shape index (κ3) is 8.89. The molecule has 0 aliphatic carbocycles. The lowest BCUT2D eigenvalue weighted by Gasteiger charge is -2.01. The van der Waals surface area contributed by atoms with E-state index in [2.05, 4.69) is 9.98 Å². The molecule has 0 rings (SSSR count). The SMILES string of the molecule is O=C=NCCCCCC([SiH3])N=C=O. The van der Waals surface area contributed by atoms with Crippen molar-refractivity contribution in [3.63, 3.8) is 0 Å². The molecule has 0 heterocycles. The normalized spacial score (nSPS) is 11.4. The first-order valence-electron chi connectivity index (χ1n) is 4.42. The Hall–Kier alpha value is -1.02. The summed E-state index contributed by atoms with van der Waals surface area (Å²) in [5.74, 6) is 0. The summed E-state index contributed by atoms with van der Waals surface area (Å²) in [6.07, 6.45) is 6.99. The molecule has 0 aliphatic rings. The molecule has 0 amide bonds. The largest absolute Gasteiger partial charge is 0.234 e. The van der Waals surface area contributed by atoms with Crippen molar-refractivity contribution in [3.05, 3.63) is 0 Å². The van der Waals surface area contributed by atoms with Gasteiger partial charge in [-0.3, -0.25) is 0 Å². The first-order valence-corrected chi connectivity index (χ1v) is 5.57. The minimum Gasteiger partial charge on any atom is -0.211 e. The molecule has 0 bridgehead atoms. The van der Waals surface area contributed by atoms with Crippen molar-refractivity contribution >= 4 is 22.4 Å². The minimum absolute atomic E-state index is 0.201. The van der Waals surface area contributed by atoms with Crippen LogP contribution in [0.25, 0.3) is 0 Å². The molecule has 1 atom stereocenters. The third-order valence-corrected chi connectivity index (χ3v) is 2.57. The smallest absolute Gasteiger partial charge is 0.211 e. The van der Waals surface area contributed by atoms with Gasteiger partial charge < -0.3 is 0 Å². The van der Waals surface area contributed by atoms with Gasteiger partial charge in [-0.2, -0.15) is 0 Å². The molecule has 4 nitrogen and oxygen atoms in total. The predicted molar refractivity (Wildman–Crippen MR) is 53.3 cm³/mol. The van der Waals surface area contributed by atoms with E-state index in [1.165, 1.54) is 6.08 Å². The van der Waals surface area contributed by atoms with Crippen molar-refractivity contribution in [2.24, 2.45) is 9.98 Å². The summed E-state index contributed by atoms with van der Waals surface area (Å²) < 4.78 is 0. The second kappa shape index (κ2) is 9.07. The van der Waals surface area contributed by atoms with Crippen molar-refractivity contribution in [1.29, 1.82) is 0 Å². The van der Waals surface area contributed by atoms with E-state index in [0.29, 0.717) is 6.54 Å². The second-order valence-electron chi connectivity index (χ2n) is 2.89. The second-order valence-corrected chi connectivity index (χ2v) is 4.22. The molecule has 13 heavy (non-hydrogen) atoms. The summed E-state index contributed by atoms with van der Waals surface area (Å²) in [6, 6.07) is 0. The average molecular weight is 198 g/mol. The molecule has 0 radical (unpaired) electrons. The monoisotopic (exact) mass is 198 g/mol. The number of rotatable bonds is 7. The fourth-order valence-corrected chi connectivity index (χ4v) is 1.52. The highest BCUT2D eigenvalue weighted by Gasteiger charge is 1.97. The Morgan fingerprint density at radius 3 is 2.54 bits per heavy atom. The molecule has 0 saturated carbocycles. The number of unbranched alkanes of at least 4 members (excludes halogenated alkanes) is 2. The van der Waals surface area contributed by atoms with Crippen LogP contribution in [0.5, 0.6) is 0 Å². The van der Waals surface area contributed by atoms with Gasteiger partial charge in [-0.05, 0) is 12.8 Å². The predicted octanol–water partition coefficient (Wildman–Crippen LogP) is -0.0901. The van der Waals surface area contributed by atoms with E-state index in [4.69, 9.17) is 0 Å². The standard InChI is InChI=1S/C8H14N2O2Si/c11-6-9-5-3-1-2-4-8(13)10-7-12/h8H,1-5H2,13H3. The molecule has 0 fully saturated rings. The average Bonchev–Trinajstić information content (AvgIpc) is 2.11. The van der Waals surface area contributed by atoms with Crippen LogP contribution < -0.4 is 0 Å². The van der Waals surface area contributed by atoms with E-state index in [-0.39, 0.29) is 5.67 Å². The molecule has 0 N–H and O–H groups in total. The zero-order valence-corrected chi connectivity index (χ0v) is 9.82. The summed E-state index contributed by atoms with van der Waals surface area (Å²) >= 11 is 0. The molecular weight excluding hydrogens is 184 g/mol. The number of aliphatic imine (C=N–C) groups is 2. The highest BCUT2D eigenvalue weighted by Crippen LogP contribution is 2.03. The molecule has 5 heteroatoms. The number of isocyanates is 2. The fourth-order valence-electron chi connectivity index (χ4n) is 1.01. The zero-order valence-electron chi connectivity index (χ0n) is 7.82. The molecule has 72 valence electrons. The van der Waals surface area contributed by atoms with Gasteiger partial charge in [0.15, 0.2) is 0 Å². The molecule has 1 unspecified atom stereocenters. The summed E-state index contributed by atoms with van der Waals surface area (Å²) in [5, 5.41) is 0. The van der Waals surface area contributed by atoms with Gasteiger partial charge in [0.25, 0.3) is 0 Å². The van der Waals surface area contributed by atoms with Crippen molar-refractivity contribution in [2.75, 3.05) is 6.54 Å². The van der Waals surface area contributed by atoms with Crippen LogP contribution in [0.3, 0.4) is 0 Å².